The molecule has 0 unspecified atom stereocenters. The van der Waals surface area contributed by atoms with Crippen molar-refractivity contribution in [2.24, 2.45) is 0 Å². The van der Waals surface area contributed by atoms with Gasteiger partial charge >= 0.3 is 6.09 Å². The van der Waals surface area contributed by atoms with Crippen LogP contribution in [0.25, 0.3) is 0 Å². The van der Waals surface area contributed by atoms with Crippen molar-refractivity contribution in [3.63, 3.8) is 0 Å². The maximum Gasteiger partial charge on any atom is 0.417 e. The van der Waals surface area contributed by atoms with E-state index in [-0.39, 0.29) is 25.0 Å². The fourth-order valence-corrected chi connectivity index (χ4v) is 2.70. The molecule has 0 N–H and O–H groups in total. The van der Waals surface area contributed by atoms with Gasteiger partial charge in [-0.25, -0.2) is 14.1 Å². The summed E-state index contributed by atoms with van der Waals surface area (Å²) in [4.78, 5) is 27.2. The van der Waals surface area contributed by atoms with Gasteiger partial charge in [-0.2, -0.15) is 0 Å². The molecule has 138 valence electrons. The maximum absolute atomic E-state index is 13.3. The number of hydrogen-bond donors (Lipinski definition) is 1. The van der Waals surface area contributed by atoms with Crippen molar-refractivity contribution in [1.29, 1.82) is 0 Å². The highest BCUT2D eigenvalue weighted by Crippen LogP contribution is 2.27. The normalized spacial score (nSPS) is 10.3. The molecule has 0 aliphatic carbocycles. The molecule has 0 spiro atoms. The molecule has 2 rings (SSSR count). The van der Waals surface area contributed by atoms with E-state index in [1.54, 1.807) is 12.1 Å². The number of alkyl halides is 1. The van der Waals surface area contributed by atoms with Gasteiger partial charge in [-0.15, -0.1) is 12.6 Å². The number of nitrogens with zero attached hydrogens (tertiary/aromatic N) is 2. The van der Waals surface area contributed by atoms with Crippen LogP contribution in [-0.4, -0.2) is 36.1 Å². The Labute approximate surface area is 161 Å². The van der Waals surface area contributed by atoms with Crippen LogP contribution in [-0.2, 0) is 9.53 Å². The molecule has 26 heavy (non-hydrogen) atoms. The summed E-state index contributed by atoms with van der Waals surface area (Å²) >= 11 is 9.74. The van der Waals surface area contributed by atoms with Crippen LogP contribution in [0, 0.1) is 5.82 Å². The molecule has 0 aliphatic heterocycles. The van der Waals surface area contributed by atoms with Gasteiger partial charge in [0.25, 0.3) is 0 Å². The molecule has 0 fully saturated rings. The van der Waals surface area contributed by atoms with E-state index >= 15 is 0 Å². The Kier molecular flexibility index (Phi) is 7.29. The van der Waals surface area contributed by atoms with Crippen LogP contribution in [0.4, 0.5) is 20.6 Å². The van der Waals surface area contributed by atoms with E-state index in [2.05, 4.69) is 12.6 Å². The van der Waals surface area contributed by atoms with Crippen molar-refractivity contribution in [1.82, 2.24) is 4.90 Å². The first-order valence-electron chi connectivity index (χ1n) is 7.75. The Morgan fingerprint density at radius 1 is 1.12 bits per heavy atom. The van der Waals surface area contributed by atoms with E-state index in [0.717, 1.165) is 15.5 Å². The second-order valence-electron chi connectivity index (χ2n) is 5.34. The lowest BCUT2D eigenvalue weighted by Gasteiger charge is -2.28. The van der Waals surface area contributed by atoms with Gasteiger partial charge < -0.3 is 9.64 Å². The van der Waals surface area contributed by atoms with Crippen LogP contribution in [0.5, 0.6) is 0 Å². The van der Waals surface area contributed by atoms with Crippen LogP contribution in [0.3, 0.4) is 0 Å². The van der Waals surface area contributed by atoms with Crippen LogP contribution < -0.4 is 4.90 Å². The number of halogens is 2. The summed E-state index contributed by atoms with van der Waals surface area (Å²) in [7, 11) is 0. The minimum atomic E-state index is -0.811. The molecule has 0 aliphatic rings. The number of ether oxygens (including phenoxy) is 1. The number of carbonyl (C=O) groups is 2. The van der Waals surface area contributed by atoms with Crippen LogP contribution in [0.15, 0.2) is 53.4 Å². The van der Waals surface area contributed by atoms with Gasteiger partial charge in [0, 0.05) is 36.3 Å². The lowest BCUT2D eigenvalue weighted by Crippen LogP contribution is -2.40. The summed E-state index contributed by atoms with van der Waals surface area (Å²) in [6, 6.07) is 12.9. The van der Waals surface area contributed by atoms with Gasteiger partial charge in [-0.05, 0) is 42.5 Å². The quantitative estimate of drug-likeness (QED) is 0.579. The molecule has 0 heterocycles. The molecule has 0 bridgehead atoms. The predicted octanol–water partition coefficient (Wildman–Crippen LogP) is 4.43. The third kappa shape index (κ3) is 5.37. The number of rotatable bonds is 6. The summed E-state index contributed by atoms with van der Waals surface area (Å²) in [6.07, 6.45) is -0.811. The van der Waals surface area contributed by atoms with E-state index in [9.17, 15) is 14.0 Å². The Bertz CT molecular complexity index is 773. The van der Waals surface area contributed by atoms with E-state index in [1.165, 1.54) is 19.1 Å². The molecule has 0 atom stereocenters. The van der Waals surface area contributed by atoms with E-state index in [0.29, 0.717) is 5.69 Å². The summed E-state index contributed by atoms with van der Waals surface area (Å²) < 4.78 is 18.0. The highest BCUT2D eigenvalue weighted by Gasteiger charge is 2.21. The first-order valence-corrected chi connectivity index (χ1v) is 8.73. The molecule has 0 aromatic heterocycles. The van der Waals surface area contributed by atoms with E-state index in [4.69, 9.17) is 16.3 Å². The van der Waals surface area contributed by atoms with E-state index < -0.39 is 12.0 Å². The molecule has 2 amide bonds. The second kappa shape index (κ2) is 9.45. The van der Waals surface area contributed by atoms with Crippen molar-refractivity contribution >= 4 is 47.6 Å². The third-order valence-corrected chi connectivity index (χ3v) is 3.99. The fourth-order valence-electron chi connectivity index (χ4n) is 2.39. The Hall–Kier alpha value is -2.25. The number of amides is 2. The molecule has 2 aromatic rings. The number of benzene rings is 2. The number of thiol groups is 1. The molecule has 0 radical (unpaired) electrons. The zero-order chi connectivity index (χ0) is 19.1. The monoisotopic (exact) mass is 396 g/mol. The largest absolute Gasteiger partial charge is 0.433 e. The molecular weight excluding hydrogens is 379 g/mol. The van der Waals surface area contributed by atoms with Crippen LogP contribution in [0.2, 0.25) is 0 Å². The first-order chi connectivity index (χ1) is 12.4. The minimum Gasteiger partial charge on any atom is -0.433 e. The highest BCUT2D eigenvalue weighted by molar-refractivity contribution is 7.80. The molecule has 8 heteroatoms. The number of imide groups is 1. The molecule has 5 nitrogen and oxygen atoms in total. The molecule has 0 saturated heterocycles. The third-order valence-electron chi connectivity index (χ3n) is 3.61. The van der Waals surface area contributed by atoms with Crippen LogP contribution >= 0.6 is 24.2 Å². The van der Waals surface area contributed by atoms with Crippen molar-refractivity contribution < 1.29 is 18.7 Å². The van der Waals surface area contributed by atoms with Gasteiger partial charge in [0.15, 0.2) is 6.07 Å². The zero-order valence-electron chi connectivity index (χ0n) is 14.1. The first kappa shape index (κ1) is 20.1. The Morgan fingerprint density at radius 2 is 1.81 bits per heavy atom. The van der Waals surface area contributed by atoms with Gasteiger partial charge in [0.2, 0.25) is 5.91 Å². The van der Waals surface area contributed by atoms with Crippen molar-refractivity contribution in [2.45, 2.75) is 11.8 Å². The molecule has 2 aromatic carbocycles. The predicted molar refractivity (Wildman–Crippen MR) is 102 cm³/mol. The fraction of sp³-hybridized carbons (Fsp3) is 0.222. The van der Waals surface area contributed by atoms with Crippen molar-refractivity contribution in [3.8, 4) is 0 Å². The van der Waals surface area contributed by atoms with Gasteiger partial charge in [-0.3, -0.25) is 4.79 Å². The second-order valence-corrected chi connectivity index (χ2v) is 6.07. The average molecular weight is 397 g/mol. The standard InChI is InChI=1S/C18H18ClFN2O3S/c1-13(23)21(18(24)25-12-19)9-10-22(15-7-5-14(20)6-8-15)16-3-2-4-17(26)11-16/h2-8,11,26H,9-10,12H2,1H3. The van der Waals surface area contributed by atoms with Gasteiger partial charge in [0.1, 0.15) is 5.82 Å². The number of carbonyl (C=O) groups excluding carboxylic acids is 2. The van der Waals surface area contributed by atoms with Gasteiger partial charge in [-0.1, -0.05) is 17.7 Å². The van der Waals surface area contributed by atoms with Gasteiger partial charge in [0.05, 0.1) is 0 Å². The summed E-state index contributed by atoms with van der Waals surface area (Å²) in [5, 5.41) is 0. The average Bonchev–Trinajstić information content (AvgIpc) is 2.59. The SMILES string of the molecule is CC(=O)N(CCN(c1ccc(F)cc1)c1cccc(S)c1)C(=O)OCCl. The smallest absolute Gasteiger partial charge is 0.417 e. The minimum absolute atomic E-state index is 0.0687. The Morgan fingerprint density at radius 3 is 2.38 bits per heavy atom. The Balaban J connectivity index is 2.27. The van der Waals surface area contributed by atoms with Crippen molar-refractivity contribution in [2.75, 3.05) is 24.1 Å². The zero-order valence-corrected chi connectivity index (χ0v) is 15.7. The molecular formula is C18H18ClFN2O3S. The topological polar surface area (TPSA) is 49.9 Å². The summed E-state index contributed by atoms with van der Waals surface area (Å²) in [5.74, 6) is -0.810. The van der Waals surface area contributed by atoms with Crippen LogP contribution in [0.1, 0.15) is 6.92 Å². The summed E-state index contributed by atoms with van der Waals surface area (Å²) in [5.41, 5.74) is 1.50. The maximum atomic E-state index is 13.3. The number of anilines is 2. The highest BCUT2D eigenvalue weighted by atomic mass is 35.5. The van der Waals surface area contributed by atoms with E-state index in [1.807, 2.05) is 29.2 Å². The lowest BCUT2D eigenvalue weighted by atomic mass is 10.2. The summed E-state index contributed by atoms with van der Waals surface area (Å²) in [6.45, 7) is 1.62. The molecule has 0 saturated carbocycles. The number of hydrogen-bond acceptors (Lipinski definition) is 5. The lowest BCUT2D eigenvalue weighted by molar-refractivity contribution is -0.126. The van der Waals surface area contributed by atoms with Crippen molar-refractivity contribution in [3.05, 3.63) is 54.3 Å².